The molecule has 0 saturated carbocycles. The molecule has 0 aliphatic carbocycles. The van der Waals surface area contributed by atoms with Crippen molar-refractivity contribution >= 4 is 34.0 Å². The Bertz CT molecular complexity index is 894. The van der Waals surface area contributed by atoms with E-state index in [9.17, 15) is 9.59 Å². The third-order valence-corrected chi connectivity index (χ3v) is 6.37. The Kier molecular flexibility index (Phi) is 6.64. The number of hydrogen-bond donors (Lipinski definition) is 1. The molecule has 1 unspecified atom stereocenters. The molecule has 0 radical (unpaired) electrons. The number of nitrogens with one attached hydrogen (secondary N) is 1. The molecule has 1 aromatic carbocycles. The first-order valence-electron chi connectivity index (χ1n) is 10.6. The zero-order valence-corrected chi connectivity index (χ0v) is 18.1. The van der Waals surface area contributed by atoms with Crippen molar-refractivity contribution in [3.8, 4) is 5.75 Å². The molecule has 1 atom stereocenters. The van der Waals surface area contributed by atoms with Crippen LogP contribution in [-0.4, -0.2) is 47.9 Å². The number of anilines is 2. The summed E-state index contributed by atoms with van der Waals surface area (Å²) in [5.74, 6) is 0.0455. The van der Waals surface area contributed by atoms with E-state index in [-0.39, 0.29) is 18.2 Å². The summed E-state index contributed by atoms with van der Waals surface area (Å²) in [4.78, 5) is 34.0. The van der Waals surface area contributed by atoms with Crippen molar-refractivity contribution in [2.24, 2.45) is 5.92 Å². The second-order valence-electron chi connectivity index (χ2n) is 7.78. The Morgan fingerprint density at radius 1 is 1.27 bits per heavy atom. The summed E-state index contributed by atoms with van der Waals surface area (Å²) >= 11 is 1.44. The van der Waals surface area contributed by atoms with E-state index in [2.05, 4.69) is 15.2 Å². The summed E-state index contributed by atoms with van der Waals surface area (Å²) in [6.07, 6.45) is 3.98. The van der Waals surface area contributed by atoms with Crippen molar-refractivity contribution in [3.63, 3.8) is 0 Å². The molecule has 4 rings (SSSR count). The lowest BCUT2D eigenvalue weighted by Gasteiger charge is -2.25. The van der Waals surface area contributed by atoms with Gasteiger partial charge in [-0.15, -0.1) is 11.3 Å². The lowest BCUT2D eigenvalue weighted by atomic mass is 10.1. The Hall–Kier alpha value is -2.45. The van der Waals surface area contributed by atoms with Crippen LogP contribution in [0, 0.1) is 5.92 Å². The van der Waals surface area contributed by atoms with Crippen molar-refractivity contribution in [1.82, 2.24) is 9.88 Å². The number of nitrogens with zero attached hydrogens (tertiary/aromatic N) is 3. The first-order valence-corrected chi connectivity index (χ1v) is 11.5. The van der Waals surface area contributed by atoms with Crippen molar-refractivity contribution in [2.75, 3.05) is 36.5 Å². The molecular weight excluding hydrogens is 400 g/mol. The maximum Gasteiger partial charge on any atom is 0.231 e. The van der Waals surface area contributed by atoms with Crippen LogP contribution in [0.3, 0.4) is 0 Å². The number of hydrogen-bond acceptors (Lipinski definition) is 6. The van der Waals surface area contributed by atoms with Gasteiger partial charge in [-0.05, 0) is 45.0 Å². The number of thiazole rings is 1. The highest BCUT2D eigenvalue weighted by atomic mass is 32.1. The molecule has 0 spiro atoms. The van der Waals surface area contributed by atoms with Gasteiger partial charge in [0.25, 0.3) is 0 Å². The number of piperidine rings is 1. The van der Waals surface area contributed by atoms with Crippen LogP contribution in [0.5, 0.6) is 5.75 Å². The van der Waals surface area contributed by atoms with E-state index >= 15 is 0 Å². The van der Waals surface area contributed by atoms with Crippen LogP contribution in [0.1, 0.15) is 38.3 Å². The molecule has 2 aliphatic heterocycles. The third-order valence-electron chi connectivity index (χ3n) is 5.57. The van der Waals surface area contributed by atoms with E-state index in [0.29, 0.717) is 24.0 Å². The topological polar surface area (TPSA) is 74.8 Å². The van der Waals surface area contributed by atoms with Gasteiger partial charge in [-0.25, -0.2) is 4.98 Å². The first-order chi connectivity index (χ1) is 14.6. The van der Waals surface area contributed by atoms with Crippen molar-refractivity contribution in [3.05, 3.63) is 35.3 Å². The summed E-state index contributed by atoms with van der Waals surface area (Å²) in [6.45, 7) is 5.83. The number of carbonyl (C=O) groups excluding carboxylic acids is 2. The summed E-state index contributed by atoms with van der Waals surface area (Å²) in [5, 5.41) is 5.53. The molecular formula is C22H28N4O3S. The van der Waals surface area contributed by atoms with Gasteiger partial charge in [-0.1, -0.05) is 18.6 Å². The van der Waals surface area contributed by atoms with Crippen LogP contribution >= 0.6 is 11.3 Å². The molecule has 2 saturated heterocycles. The van der Waals surface area contributed by atoms with Crippen LogP contribution < -0.4 is 15.0 Å². The molecule has 3 heterocycles. The van der Waals surface area contributed by atoms with E-state index in [4.69, 9.17) is 4.74 Å². The Labute approximate surface area is 181 Å². The summed E-state index contributed by atoms with van der Waals surface area (Å²) in [6, 6.07) is 7.46. The minimum absolute atomic E-state index is 0.0628. The highest BCUT2D eigenvalue weighted by Crippen LogP contribution is 2.33. The lowest BCUT2D eigenvalue weighted by molar-refractivity contribution is -0.122. The molecule has 1 aromatic heterocycles. The monoisotopic (exact) mass is 428 g/mol. The Balaban J connectivity index is 1.36. The van der Waals surface area contributed by atoms with Gasteiger partial charge in [-0.3, -0.25) is 14.5 Å². The summed E-state index contributed by atoms with van der Waals surface area (Å²) in [5.41, 5.74) is 1.71. The fourth-order valence-electron chi connectivity index (χ4n) is 4.06. The highest BCUT2D eigenvalue weighted by Gasteiger charge is 2.36. The number of carbonyl (C=O) groups is 2. The smallest absolute Gasteiger partial charge is 0.231 e. The summed E-state index contributed by atoms with van der Waals surface area (Å²) in [7, 11) is 0. The van der Waals surface area contributed by atoms with Crippen LogP contribution in [0.2, 0.25) is 0 Å². The van der Waals surface area contributed by atoms with Gasteiger partial charge in [-0.2, -0.15) is 0 Å². The largest absolute Gasteiger partial charge is 0.492 e. The fraction of sp³-hybridized carbons (Fsp3) is 0.500. The maximum atomic E-state index is 12.8. The predicted molar refractivity (Wildman–Crippen MR) is 118 cm³/mol. The van der Waals surface area contributed by atoms with Gasteiger partial charge >= 0.3 is 0 Å². The normalized spacial score (nSPS) is 19.8. The number of ether oxygens (including phenoxy) is 1. The van der Waals surface area contributed by atoms with Gasteiger partial charge in [0.15, 0.2) is 5.13 Å². The molecule has 2 amide bonds. The first kappa shape index (κ1) is 20.8. The second kappa shape index (κ2) is 9.57. The standard InChI is InChI=1S/C22H28N4O3S/c1-2-29-19-9-5-4-8-18(19)26-13-16(12-20(26)27)21(28)24-22-23-17(15-30-22)14-25-10-6-3-7-11-25/h4-5,8-9,15-16H,2-3,6-7,10-14H2,1H3,(H,23,24,28). The molecule has 1 N–H and O–H groups in total. The molecule has 0 bridgehead atoms. The average Bonchev–Trinajstić information content (AvgIpc) is 3.36. The predicted octanol–water partition coefficient (Wildman–Crippen LogP) is 3.52. The van der Waals surface area contributed by atoms with Crippen LogP contribution in [0.25, 0.3) is 0 Å². The van der Waals surface area contributed by atoms with Crippen LogP contribution in [-0.2, 0) is 16.1 Å². The second-order valence-corrected chi connectivity index (χ2v) is 8.63. The minimum Gasteiger partial charge on any atom is -0.492 e. The Morgan fingerprint density at radius 2 is 2.07 bits per heavy atom. The average molecular weight is 429 g/mol. The number of para-hydroxylation sites is 2. The molecule has 8 heteroatoms. The van der Waals surface area contributed by atoms with Gasteiger partial charge in [0.05, 0.1) is 23.9 Å². The third kappa shape index (κ3) is 4.82. The van der Waals surface area contributed by atoms with Crippen LogP contribution in [0.15, 0.2) is 29.6 Å². The zero-order valence-electron chi connectivity index (χ0n) is 17.3. The fourth-order valence-corrected chi connectivity index (χ4v) is 4.77. The molecule has 30 heavy (non-hydrogen) atoms. The van der Waals surface area contributed by atoms with Gasteiger partial charge < -0.3 is 15.0 Å². The Morgan fingerprint density at radius 3 is 2.87 bits per heavy atom. The molecule has 2 aliphatic rings. The number of benzene rings is 1. The minimum atomic E-state index is -0.401. The van der Waals surface area contributed by atoms with E-state index in [1.165, 1.54) is 30.6 Å². The molecule has 7 nitrogen and oxygen atoms in total. The number of likely N-dealkylation sites (tertiary alicyclic amines) is 1. The molecule has 2 fully saturated rings. The van der Waals surface area contributed by atoms with Crippen LogP contribution in [0.4, 0.5) is 10.8 Å². The van der Waals surface area contributed by atoms with E-state index in [1.807, 2.05) is 36.6 Å². The SMILES string of the molecule is CCOc1ccccc1N1CC(C(=O)Nc2nc(CN3CCCCC3)cs2)CC1=O. The highest BCUT2D eigenvalue weighted by molar-refractivity contribution is 7.13. The van der Waals surface area contributed by atoms with E-state index in [1.54, 1.807) is 4.90 Å². The number of amides is 2. The lowest BCUT2D eigenvalue weighted by Crippen LogP contribution is -2.29. The van der Waals surface area contributed by atoms with Gasteiger partial charge in [0.1, 0.15) is 5.75 Å². The van der Waals surface area contributed by atoms with Gasteiger partial charge in [0.2, 0.25) is 11.8 Å². The van der Waals surface area contributed by atoms with E-state index < -0.39 is 5.92 Å². The van der Waals surface area contributed by atoms with E-state index in [0.717, 1.165) is 31.0 Å². The molecule has 2 aromatic rings. The number of aromatic nitrogens is 1. The maximum absolute atomic E-state index is 12.8. The van der Waals surface area contributed by atoms with Crippen molar-refractivity contribution in [2.45, 2.75) is 39.2 Å². The zero-order chi connectivity index (χ0) is 20.9. The number of rotatable bonds is 7. The van der Waals surface area contributed by atoms with Crippen molar-refractivity contribution < 1.29 is 14.3 Å². The van der Waals surface area contributed by atoms with Crippen molar-refractivity contribution in [1.29, 1.82) is 0 Å². The summed E-state index contributed by atoms with van der Waals surface area (Å²) < 4.78 is 5.65. The molecule has 160 valence electrons. The quantitative estimate of drug-likeness (QED) is 0.730. The van der Waals surface area contributed by atoms with Gasteiger partial charge in [0, 0.05) is 24.9 Å².